The van der Waals surface area contributed by atoms with Gasteiger partial charge in [-0.05, 0) is 36.8 Å². The van der Waals surface area contributed by atoms with Crippen LogP contribution in [-0.2, 0) is 0 Å². The van der Waals surface area contributed by atoms with E-state index in [0.29, 0.717) is 16.9 Å². The molecular weight excluding hydrogens is 347 g/mol. The third kappa shape index (κ3) is 2.41. The van der Waals surface area contributed by atoms with Crippen molar-refractivity contribution < 1.29 is 9.50 Å². The first kappa shape index (κ1) is 16.0. The van der Waals surface area contributed by atoms with E-state index in [1.54, 1.807) is 10.7 Å². The lowest BCUT2D eigenvalue weighted by Gasteiger charge is -2.36. The molecule has 136 valence electrons. The number of H-pyrrole nitrogens is 1. The Morgan fingerprint density at radius 1 is 1.15 bits per heavy atom. The van der Waals surface area contributed by atoms with Crippen LogP contribution in [-0.4, -0.2) is 30.3 Å². The van der Waals surface area contributed by atoms with Crippen molar-refractivity contribution in [3.05, 3.63) is 71.2 Å². The molecule has 5 rings (SSSR count). The lowest BCUT2D eigenvalue weighted by molar-refractivity contribution is 0.0901. The highest BCUT2D eigenvalue weighted by molar-refractivity contribution is 5.74. The average Bonchev–Trinajstić information content (AvgIpc) is 3.26. The van der Waals surface area contributed by atoms with E-state index in [-0.39, 0.29) is 5.82 Å². The number of aromatic amines is 1. The summed E-state index contributed by atoms with van der Waals surface area (Å²) in [6, 6.07) is 12.9. The van der Waals surface area contributed by atoms with Crippen LogP contribution in [0, 0.1) is 12.7 Å². The van der Waals surface area contributed by atoms with Gasteiger partial charge < -0.3 is 10.4 Å². The average molecular weight is 364 g/mol. The lowest BCUT2D eigenvalue weighted by Crippen LogP contribution is -2.34. The van der Waals surface area contributed by atoms with Crippen LogP contribution in [0.3, 0.4) is 0 Å². The van der Waals surface area contributed by atoms with Gasteiger partial charge in [0, 0.05) is 11.3 Å². The topological polar surface area (TPSA) is 91.6 Å². The first-order valence-electron chi connectivity index (χ1n) is 8.68. The van der Waals surface area contributed by atoms with E-state index in [2.05, 4.69) is 25.8 Å². The summed E-state index contributed by atoms with van der Waals surface area (Å²) in [7, 11) is 0. The highest BCUT2D eigenvalue weighted by Crippen LogP contribution is 2.46. The molecule has 0 unspecified atom stereocenters. The molecule has 7 nitrogen and oxygen atoms in total. The normalized spacial score (nSPS) is 21.8. The number of aliphatic hydroxyl groups excluding tert-OH is 1. The molecule has 3 atom stereocenters. The number of fused-ring (bicyclic) bond motifs is 2. The van der Waals surface area contributed by atoms with Crippen LogP contribution in [0.5, 0.6) is 0 Å². The number of aromatic nitrogens is 5. The van der Waals surface area contributed by atoms with Gasteiger partial charge in [-0.1, -0.05) is 29.5 Å². The molecule has 0 spiro atoms. The van der Waals surface area contributed by atoms with Crippen LogP contribution in [0.25, 0.3) is 11.0 Å². The molecule has 1 aliphatic heterocycles. The van der Waals surface area contributed by atoms with Crippen molar-refractivity contribution in [2.75, 3.05) is 5.32 Å². The third-order valence-corrected chi connectivity index (χ3v) is 5.12. The van der Waals surface area contributed by atoms with Crippen molar-refractivity contribution in [3.63, 3.8) is 0 Å². The van der Waals surface area contributed by atoms with Crippen molar-refractivity contribution in [2.24, 2.45) is 0 Å². The Hall–Kier alpha value is -3.26. The SMILES string of the molecule is Cc1[nH]nc2c1[C@@H](O)[C@H](n1nnc3ccccc31)[C@@H](c1cccc(F)c1)N2. The van der Waals surface area contributed by atoms with Crippen molar-refractivity contribution in [1.29, 1.82) is 0 Å². The lowest BCUT2D eigenvalue weighted by atomic mass is 9.87. The second-order valence-corrected chi connectivity index (χ2v) is 6.75. The number of aryl methyl sites for hydroxylation is 1. The van der Waals surface area contributed by atoms with Crippen LogP contribution >= 0.6 is 0 Å². The van der Waals surface area contributed by atoms with Crippen LogP contribution in [0.1, 0.15) is 35.0 Å². The molecule has 0 saturated carbocycles. The molecule has 8 heteroatoms. The predicted octanol–water partition coefficient (Wildman–Crippen LogP) is 3.04. The van der Waals surface area contributed by atoms with Gasteiger partial charge in [-0.25, -0.2) is 9.07 Å². The van der Waals surface area contributed by atoms with Gasteiger partial charge in [0.05, 0.1) is 11.6 Å². The molecular formula is C19H17FN6O. The zero-order valence-corrected chi connectivity index (χ0v) is 14.5. The van der Waals surface area contributed by atoms with Crippen LogP contribution in [0.4, 0.5) is 10.2 Å². The highest BCUT2D eigenvalue weighted by Gasteiger charge is 2.41. The Bertz CT molecular complexity index is 1140. The van der Waals surface area contributed by atoms with E-state index in [0.717, 1.165) is 16.7 Å². The van der Waals surface area contributed by atoms with E-state index >= 15 is 0 Å². The predicted molar refractivity (Wildman–Crippen MR) is 97.6 cm³/mol. The summed E-state index contributed by atoms with van der Waals surface area (Å²) in [5.41, 5.74) is 3.70. The van der Waals surface area contributed by atoms with Gasteiger partial charge in [0.25, 0.3) is 0 Å². The number of rotatable bonds is 2. The molecule has 0 saturated heterocycles. The standard InChI is InChI=1S/C19H17FN6O/c1-10-15-18(27)17(26-14-8-3-2-7-13(14)23-25-26)16(21-19(15)24-22-10)11-5-4-6-12(20)9-11/h2-9,16-18,27H,1H3,(H2,21,22,24)/t16-,17-,18-/m1/s1. The maximum atomic E-state index is 13.9. The van der Waals surface area contributed by atoms with Gasteiger partial charge in [-0.2, -0.15) is 5.10 Å². The fraction of sp³-hybridized carbons (Fsp3) is 0.211. The summed E-state index contributed by atoms with van der Waals surface area (Å²) in [6.07, 6.45) is -0.890. The number of benzene rings is 2. The van der Waals surface area contributed by atoms with Gasteiger partial charge in [0.2, 0.25) is 0 Å². The van der Waals surface area contributed by atoms with Gasteiger partial charge in [0.1, 0.15) is 23.5 Å². The molecule has 0 aliphatic carbocycles. The fourth-order valence-electron chi connectivity index (χ4n) is 3.86. The zero-order chi connectivity index (χ0) is 18.5. The van der Waals surface area contributed by atoms with Crippen LogP contribution < -0.4 is 5.32 Å². The van der Waals surface area contributed by atoms with E-state index in [1.807, 2.05) is 37.3 Å². The van der Waals surface area contributed by atoms with E-state index in [9.17, 15) is 9.50 Å². The Kier molecular flexibility index (Phi) is 3.48. The van der Waals surface area contributed by atoms with E-state index in [4.69, 9.17) is 0 Å². The summed E-state index contributed by atoms with van der Waals surface area (Å²) >= 11 is 0. The minimum Gasteiger partial charge on any atom is -0.386 e. The van der Waals surface area contributed by atoms with Gasteiger partial charge in [-0.3, -0.25) is 5.10 Å². The number of nitrogens with zero attached hydrogens (tertiary/aromatic N) is 4. The number of hydrogen-bond acceptors (Lipinski definition) is 5. The van der Waals surface area contributed by atoms with Crippen molar-refractivity contribution in [3.8, 4) is 0 Å². The van der Waals surface area contributed by atoms with Gasteiger partial charge in [-0.15, -0.1) is 5.10 Å². The summed E-state index contributed by atoms with van der Waals surface area (Å²) in [5.74, 6) is 0.227. The third-order valence-electron chi connectivity index (χ3n) is 5.12. The Morgan fingerprint density at radius 2 is 2.00 bits per heavy atom. The van der Waals surface area contributed by atoms with Gasteiger partial charge >= 0.3 is 0 Å². The largest absolute Gasteiger partial charge is 0.386 e. The van der Waals surface area contributed by atoms with Crippen molar-refractivity contribution in [2.45, 2.75) is 25.1 Å². The molecule has 1 aliphatic rings. The van der Waals surface area contributed by atoms with Gasteiger partial charge in [0.15, 0.2) is 5.82 Å². The summed E-state index contributed by atoms with van der Waals surface area (Å²) in [6.45, 7) is 1.86. The minimum absolute atomic E-state index is 0.338. The quantitative estimate of drug-likeness (QED) is 0.508. The number of para-hydroxylation sites is 1. The monoisotopic (exact) mass is 364 g/mol. The molecule has 2 aromatic carbocycles. The van der Waals surface area contributed by atoms with Crippen LogP contribution in [0.15, 0.2) is 48.5 Å². The van der Waals surface area contributed by atoms with Crippen molar-refractivity contribution >= 4 is 16.9 Å². The number of anilines is 1. The Morgan fingerprint density at radius 3 is 2.85 bits per heavy atom. The molecule has 3 heterocycles. The first-order valence-corrected chi connectivity index (χ1v) is 8.68. The first-order chi connectivity index (χ1) is 13.1. The van der Waals surface area contributed by atoms with E-state index < -0.39 is 18.2 Å². The molecule has 0 fully saturated rings. The maximum Gasteiger partial charge on any atom is 0.154 e. The molecule has 4 aromatic rings. The summed E-state index contributed by atoms with van der Waals surface area (Å²) < 4.78 is 15.6. The summed E-state index contributed by atoms with van der Waals surface area (Å²) in [5, 5.41) is 30.2. The molecule has 0 radical (unpaired) electrons. The molecule has 0 bridgehead atoms. The molecule has 0 amide bonds. The molecule has 2 aromatic heterocycles. The second kappa shape index (κ2) is 5.88. The second-order valence-electron chi connectivity index (χ2n) is 6.75. The maximum absolute atomic E-state index is 13.9. The highest BCUT2D eigenvalue weighted by atomic mass is 19.1. The fourth-order valence-corrected chi connectivity index (χ4v) is 3.86. The van der Waals surface area contributed by atoms with E-state index in [1.165, 1.54) is 12.1 Å². The number of aliphatic hydroxyl groups is 1. The number of hydrogen-bond donors (Lipinski definition) is 3. The number of halogens is 1. The molecule has 3 N–H and O–H groups in total. The summed E-state index contributed by atoms with van der Waals surface area (Å²) in [4.78, 5) is 0. The zero-order valence-electron chi connectivity index (χ0n) is 14.5. The Balaban J connectivity index is 1.72. The Labute approximate surface area is 153 Å². The number of nitrogens with one attached hydrogen (secondary N) is 2. The van der Waals surface area contributed by atoms with Crippen LogP contribution in [0.2, 0.25) is 0 Å². The minimum atomic E-state index is -0.890. The molecule has 27 heavy (non-hydrogen) atoms. The smallest absolute Gasteiger partial charge is 0.154 e. The van der Waals surface area contributed by atoms with Crippen molar-refractivity contribution in [1.82, 2.24) is 25.2 Å².